The van der Waals surface area contributed by atoms with Crippen LogP contribution in [0, 0.1) is 5.82 Å². The van der Waals surface area contributed by atoms with Gasteiger partial charge in [-0.05, 0) is 48.0 Å². The van der Waals surface area contributed by atoms with Crippen LogP contribution in [-0.2, 0) is 0 Å². The standard InChI is InChI=1S/C26H22ClFN4O2/c1-17-15-31(24-14-25(30-16-29-24)34-23-9-8-21(28)13-22(23)27)10-11-32(17)26(33)20-7-6-18-4-2-3-5-19(18)12-20/h2-9,12-14,16-17H,10-11,15H2,1H3/t17-/m1/s1. The maximum atomic E-state index is 13.3. The molecule has 0 unspecified atom stereocenters. The summed E-state index contributed by atoms with van der Waals surface area (Å²) in [5, 5.41) is 2.32. The molecule has 1 saturated heterocycles. The minimum Gasteiger partial charge on any atom is -0.437 e. The van der Waals surface area contributed by atoms with Gasteiger partial charge < -0.3 is 14.5 Å². The first-order valence-electron chi connectivity index (χ1n) is 11.0. The van der Waals surface area contributed by atoms with E-state index in [1.807, 2.05) is 54.3 Å². The zero-order valence-corrected chi connectivity index (χ0v) is 19.2. The second-order valence-electron chi connectivity index (χ2n) is 8.25. The van der Waals surface area contributed by atoms with Crippen molar-refractivity contribution in [3.8, 4) is 11.6 Å². The number of amides is 1. The first-order valence-corrected chi connectivity index (χ1v) is 11.4. The first-order chi connectivity index (χ1) is 16.5. The zero-order chi connectivity index (χ0) is 23.7. The molecule has 2 heterocycles. The Morgan fingerprint density at radius 3 is 2.65 bits per heavy atom. The fourth-order valence-corrected chi connectivity index (χ4v) is 4.39. The lowest BCUT2D eigenvalue weighted by molar-refractivity contribution is 0.0674. The minimum absolute atomic E-state index is 0.0152. The molecule has 0 aliphatic carbocycles. The number of carbonyl (C=O) groups excluding carboxylic acids is 1. The van der Waals surface area contributed by atoms with E-state index in [0.717, 1.165) is 10.8 Å². The fraction of sp³-hybridized carbons (Fsp3) is 0.192. The van der Waals surface area contributed by atoms with E-state index >= 15 is 0 Å². The Hall–Kier alpha value is -3.71. The summed E-state index contributed by atoms with van der Waals surface area (Å²) in [5.41, 5.74) is 0.688. The van der Waals surface area contributed by atoms with Gasteiger partial charge in [0.25, 0.3) is 5.91 Å². The second kappa shape index (κ2) is 9.27. The third-order valence-corrected chi connectivity index (χ3v) is 6.24. The molecular weight excluding hydrogens is 455 g/mol. The van der Waals surface area contributed by atoms with Gasteiger partial charge in [0.15, 0.2) is 0 Å². The summed E-state index contributed by atoms with van der Waals surface area (Å²) in [6.45, 7) is 3.84. The van der Waals surface area contributed by atoms with Gasteiger partial charge >= 0.3 is 0 Å². The Bertz CT molecular complexity index is 1370. The van der Waals surface area contributed by atoms with E-state index in [2.05, 4.69) is 14.9 Å². The highest BCUT2D eigenvalue weighted by atomic mass is 35.5. The molecule has 5 rings (SSSR count). The van der Waals surface area contributed by atoms with E-state index < -0.39 is 5.82 Å². The van der Waals surface area contributed by atoms with Crippen LogP contribution in [0.2, 0.25) is 5.02 Å². The van der Waals surface area contributed by atoms with E-state index in [4.69, 9.17) is 16.3 Å². The second-order valence-corrected chi connectivity index (χ2v) is 8.65. The molecule has 1 aliphatic rings. The predicted octanol–water partition coefficient (Wildman–Crippen LogP) is 5.57. The van der Waals surface area contributed by atoms with Gasteiger partial charge in [-0.1, -0.05) is 41.9 Å². The molecule has 1 aliphatic heterocycles. The van der Waals surface area contributed by atoms with Crippen molar-refractivity contribution in [1.29, 1.82) is 0 Å². The number of nitrogens with zero attached hydrogens (tertiary/aromatic N) is 4. The quantitative estimate of drug-likeness (QED) is 0.385. The summed E-state index contributed by atoms with van der Waals surface area (Å²) < 4.78 is 19.0. The van der Waals surface area contributed by atoms with Crippen LogP contribution in [0.25, 0.3) is 10.8 Å². The molecule has 6 nitrogen and oxygen atoms in total. The molecule has 0 radical (unpaired) electrons. The molecule has 1 atom stereocenters. The van der Waals surface area contributed by atoms with Gasteiger partial charge in [-0.15, -0.1) is 0 Å². The molecule has 34 heavy (non-hydrogen) atoms. The fourth-order valence-electron chi connectivity index (χ4n) is 4.18. The van der Waals surface area contributed by atoms with Crippen LogP contribution in [-0.4, -0.2) is 46.5 Å². The lowest BCUT2D eigenvalue weighted by atomic mass is 10.0. The van der Waals surface area contributed by atoms with Crippen molar-refractivity contribution in [2.75, 3.05) is 24.5 Å². The largest absolute Gasteiger partial charge is 0.437 e. The van der Waals surface area contributed by atoms with Crippen molar-refractivity contribution < 1.29 is 13.9 Å². The molecule has 1 aromatic heterocycles. The highest BCUT2D eigenvalue weighted by Gasteiger charge is 2.29. The van der Waals surface area contributed by atoms with E-state index in [1.165, 1.54) is 24.5 Å². The maximum absolute atomic E-state index is 13.3. The van der Waals surface area contributed by atoms with Crippen molar-refractivity contribution in [2.45, 2.75) is 13.0 Å². The van der Waals surface area contributed by atoms with Gasteiger partial charge in [0.05, 0.1) is 5.02 Å². The van der Waals surface area contributed by atoms with E-state index in [0.29, 0.717) is 42.6 Å². The SMILES string of the molecule is C[C@@H]1CN(c2cc(Oc3ccc(F)cc3Cl)ncn2)CCN1C(=O)c1ccc2ccccc2c1. The van der Waals surface area contributed by atoms with Crippen LogP contribution in [0.5, 0.6) is 11.6 Å². The summed E-state index contributed by atoms with van der Waals surface area (Å²) in [6, 6.07) is 19.5. The van der Waals surface area contributed by atoms with E-state index in [9.17, 15) is 9.18 Å². The van der Waals surface area contributed by atoms with Crippen molar-refractivity contribution in [2.24, 2.45) is 0 Å². The van der Waals surface area contributed by atoms with Crippen LogP contribution in [0.4, 0.5) is 10.2 Å². The molecule has 172 valence electrons. The lowest BCUT2D eigenvalue weighted by Gasteiger charge is -2.40. The molecule has 4 aromatic rings. The highest BCUT2D eigenvalue weighted by Crippen LogP contribution is 2.30. The predicted molar refractivity (Wildman–Crippen MR) is 130 cm³/mol. The number of rotatable bonds is 4. The number of fused-ring (bicyclic) bond motifs is 1. The van der Waals surface area contributed by atoms with Crippen LogP contribution in [0.1, 0.15) is 17.3 Å². The van der Waals surface area contributed by atoms with Crippen molar-refractivity contribution in [3.63, 3.8) is 0 Å². The van der Waals surface area contributed by atoms with Crippen LogP contribution >= 0.6 is 11.6 Å². The topological polar surface area (TPSA) is 58.6 Å². The minimum atomic E-state index is -0.439. The Kier molecular flexibility index (Phi) is 6.02. The Morgan fingerprint density at radius 1 is 1.03 bits per heavy atom. The Labute approximate surface area is 201 Å². The molecular formula is C26H22ClFN4O2. The van der Waals surface area contributed by atoms with Gasteiger partial charge in [-0.2, -0.15) is 0 Å². The van der Waals surface area contributed by atoms with Gasteiger partial charge in [0, 0.05) is 37.3 Å². The Balaban J connectivity index is 1.29. The van der Waals surface area contributed by atoms with Crippen LogP contribution in [0.3, 0.4) is 0 Å². The van der Waals surface area contributed by atoms with Crippen molar-refractivity contribution >= 4 is 34.1 Å². The molecule has 8 heteroatoms. The number of anilines is 1. The average molecular weight is 477 g/mol. The number of hydrogen-bond acceptors (Lipinski definition) is 5. The number of carbonyl (C=O) groups is 1. The third kappa shape index (κ3) is 4.52. The Morgan fingerprint density at radius 2 is 1.85 bits per heavy atom. The normalized spacial score (nSPS) is 16.0. The van der Waals surface area contributed by atoms with E-state index in [1.54, 1.807) is 6.07 Å². The average Bonchev–Trinajstić information content (AvgIpc) is 2.85. The smallest absolute Gasteiger partial charge is 0.254 e. The summed E-state index contributed by atoms with van der Waals surface area (Å²) in [7, 11) is 0. The molecule has 3 aromatic carbocycles. The van der Waals surface area contributed by atoms with Gasteiger partial charge in [0.2, 0.25) is 5.88 Å². The van der Waals surface area contributed by atoms with Crippen molar-refractivity contribution in [1.82, 2.24) is 14.9 Å². The number of benzene rings is 3. The van der Waals surface area contributed by atoms with Gasteiger partial charge in [0.1, 0.15) is 23.7 Å². The molecule has 0 saturated carbocycles. The molecule has 0 N–H and O–H groups in total. The van der Waals surface area contributed by atoms with E-state index in [-0.39, 0.29) is 17.0 Å². The summed E-state index contributed by atoms with van der Waals surface area (Å²) in [4.78, 5) is 25.7. The molecule has 1 fully saturated rings. The molecule has 0 bridgehead atoms. The number of aromatic nitrogens is 2. The molecule has 0 spiro atoms. The lowest BCUT2D eigenvalue weighted by Crippen LogP contribution is -2.54. The van der Waals surface area contributed by atoms with Crippen molar-refractivity contribution in [3.05, 3.63) is 89.5 Å². The van der Waals surface area contributed by atoms with Gasteiger partial charge in [-0.25, -0.2) is 14.4 Å². The third-order valence-electron chi connectivity index (χ3n) is 5.94. The summed E-state index contributed by atoms with van der Waals surface area (Å²) in [5.74, 6) is 0.891. The summed E-state index contributed by atoms with van der Waals surface area (Å²) in [6.07, 6.45) is 1.42. The monoisotopic (exact) mass is 476 g/mol. The maximum Gasteiger partial charge on any atom is 0.254 e. The van der Waals surface area contributed by atoms with Gasteiger partial charge in [-0.3, -0.25) is 4.79 Å². The number of hydrogen-bond donors (Lipinski definition) is 0. The number of halogens is 2. The highest BCUT2D eigenvalue weighted by molar-refractivity contribution is 6.32. The first kappa shape index (κ1) is 22.1. The van der Waals surface area contributed by atoms with Crippen LogP contribution < -0.4 is 9.64 Å². The zero-order valence-electron chi connectivity index (χ0n) is 18.5. The summed E-state index contributed by atoms with van der Waals surface area (Å²) >= 11 is 6.06. The van der Waals surface area contributed by atoms with Crippen LogP contribution in [0.15, 0.2) is 73.1 Å². The number of ether oxygens (including phenoxy) is 1. The number of piperazine rings is 1. The molecule has 1 amide bonds.